The van der Waals surface area contributed by atoms with Crippen LogP contribution in [0.15, 0.2) is 24.3 Å². The zero-order chi connectivity index (χ0) is 9.54. The molecule has 1 nitrogen and oxygen atoms in total. The third-order valence-electron chi connectivity index (χ3n) is 3.79. The number of nitrogens with two attached hydrogens (primary N) is 1. The Morgan fingerprint density at radius 2 is 1.57 bits per heavy atom. The van der Waals surface area contributed by atoms with Gasteiger partial charge in [-0.25, -0.2) is 0 Å². The average Bonchev–Trinajstić information content (AvgIpc) is 2.95. The minimum Gasteiger partial charge on any atom is -0.327 e. The van der Waals surface area contributed by atoms with Gasteiger partial charge in [-0.2, -0.15) is 0 Å². The summed E-state index contributed by atoms with van der Waals surface area (Å²) in [5.41, 5.74) is 9.34. The smallest absolute Gasteiger partial charge is 0.0102 e. The van der Waals surface area contributed by atoms with E-state index < -0.39 is 0 Å². The molecule has 2 N–H and O–H groups in total. The fourth-order valence-corrected chi connectivity index (χ4v) is 2.73. The molecule has 0 heterocycles. The van der Waals surface area contributed by atoms with E-state index in [0.717, 1.165) is 11.8 Å². The molecule has 1 aromatic carbocycles. The van der Waals surface area contributed by atoms with Crippen LogP contribution in [-0.2, 0) is 12.8 Å². The third-order valence-corrected chi connectivity index (χ3v) is 3.79. The average molecular weight is 187 g/mol. The summed E-state index contributed by atoms with van der Waals surface area (Å²) in [4.78, 5) is 0. The number of benzene rings is 1. The lowest BCUT2D eigenvalue weighted by Crippen LogP contribution is -2.32. The van der Waals surface area contributed by atoms with Gasteiger partial charge in [0.2, 0.25) is 0 Å². The molecule has 2 aliphatic carbocycles. The molecule has 0 spiro atoms. The first-order valence-corrected chi connectivity index (χ1v) is 5.67. The molecule has 0 aromatic heterocycles. The second-order valence-corrected chi connectivity index (χ2v) is 4.85. The number of fused-ring (bicyclic) bond motifs is 1. The van der Waals surface area contributed by atoms with Gasteiger partial charge in [0.25, 0.3) is 0 Å². The molecule has 1 saturated carbocycles. The van der Waals surface area contributed by atoms with Gasteiger partial charge in [0.1, 0.15) is 0 Å². The van der Waals surface area contributed by atoms with Gasteiger partial charge in [0.15, 0.2) is 0 Å². The standard InChI is InChI=1S/C13H17N/c14-13(9-5-6-9)12-7-10-3-1-2-4-11(10)8-12/h1-4,9,12-13H,5-8,14H2. The van der Waals surface area contributed by atoms with Crippen LogP contribution in [0.2, 0.25) is 0 Å². The van der Waals surface area contributed by atoms with Crippen molar-refractivity contribution in [2.75, 3.05) is 0 Å². The molecule has 0 saturated heterocycles. The molecule has 0 amide bonds. The van der Waals surface area contributed by atoms with E-state index in [1.54, 1.807) is 0 Å². The van der Waals surface area contributed by atoms with Gasteiger partial charge in [-0.05, 0) is 48.6 Å². The largest absolute Gasteiger partial charge is 0.327 e. The van der Waals surface area contributed by atoms with E-state index in [4.69, 9.17) is 5.73 Å². The molecule has 0 radical (unpaired) electrons. The summed E-state index contributed by atoms with van der Waals surface area (Å²) in [5.74, 6) is 1.56. The Kier molecular flexibility index (Phi) is 1.88. The van der Waals surface area contributed by atoms with Gasteiger partial charge in [-0.1, -0.05) is 24.3 Å². The molecule has 1 aromatic rings. The summed E-state index contributed by atoms with van der Waals surface area (Å²) in [6.45, 7) is 0. The lowest BCUT2D eigenvalue weighted by atomic mass is 9.94. The lowest BCUT2D eigenvalue weighted by molar-refractivity contribution is 0.401. The molecular formula is C13H17N. The van der Waals surface area contributed by atoms with E-state index in [2.05, 4.69) is 24.3 Å². The Morgan fingerprint density at radius 1 is 1.00 bits per heavy atom. The lowest BCUT2D eigenvalue weighted by Gasteiger charge is -2.17. The first-order chi connectivity index (χ1) is 6.84. The van der Waals surface area contributed by atoms with Crippen molar-refractivity contribution in [3.63, 3.8) is 0 Å². The quantitative estimate of drug-likeness (QED) is 0.754. The number of hydrogen-bond donors (Lipinski definition) is 1. The molecule has 0 aliphatic heterocycles. The van der Waals surface area contributed by atoms with Crippen LogP contribution in [-0.4, -0.2) is 6.04 Å². The molecule has 2 aliphatic rings. The van der Waals surface area contributed by atoms with Crippen LogP contribution in [0.3, 0.4) is 0 Å². The van der Waals surface area contributed by atoms with Crippen molar-refractivity contribution >= 4 is 0 Å². The molecule has 1 heteroatoms. The van der Waals surface area contributed by atoms with Crippen molar-refractivity contribution in [3.05, 3.63) is 35.4 Å². The highest BCUT2D eigenvalue weighted by atomic mass is 14.7. The van der Waals surface area contributed by atoms with Crippen LogP contribution >= 0.6 is 0 Å². The molecular weight excluding hydrogens is 170 g/mol. The Bertz CT molecular complexity index is 316. The van der Waals surface area contributed by atoms with E-state index in [1.165, 1.54) is 36.8 Å². The van der Waals surface area contributed by atoms with Crippen molar-refractivity contribution < 1.29 is 0 Å². The van der Waals surface area contributed by atoms with Crippen LogP contribution < -0.4 is 5.73 Å². The zero-order valence-corrected chi connectivity index (χ0v) is 8.45. The molecule has 14 heavy (non-hydrogen) atoms. The van der Waals surface area contributed by atoms with Crippen molar-refractivity contribution in [2.45, 2.75) is 31.7 Å². The predicted octanol–water partition coefficient (Wildman–Crippen LogP) is 2.14. The van der Waals surface area contributed by atoms with E-state index in [9.17, 15) is 0 Å². The molecule has 74 valence electrons. The van der Waals surface area contributed by atoms with Gasteiger partial charge in [-0.3, -0.25) is 0 Å². The van der Waals surface area contributed by atoms with Crippen molar-refractivity contribution in [1.82, 2.24) is 0 Å². The van der Waals surface area contributed by atoms with Gasteiger partial charge in [0.05, 0.1) is 0 Å². The summed E-state index contributed by atoms with van der Waals surface area (Å²) in [5, 5.41) is 0. The normalized spacial score (nSPS) is 23.5. The van der Waals surface area contributed by atoms with Crippen LogP contribution in [0, 0.1) is 11.8 Å². The summed E-state index contributed by atoms with van der Waals surface area (Å²) < 4.78 is 0. The maximum absolute atomic E-state index is 6.26. The SMILES string of the molecule is NC(C1CC1)C1Cc2ccccc2C1. The fourth-order valence-electron chi connectivity index (χ4n) is 2.73. The van der Waals surface area contributed by atoms with Gasteiger partial charge < -0.3 is 5.73 Å². The Balaban J connectivity index is 1.77. The van der Waals surface area contributed by atoms with Crippen LogP contribution in [0.5, 0.6) is 0 Å². The van der Waals surface area contributed by atoms with Gasteiger partial charge >= 0.3 is 0 Å². The Labute approximate surface area is 85.3 Å². The monoisotopic (exact) mass is 187 g/mol. The second kappa shape index (κ2) is 3.09. The first-order valence-electron chi connectivity index (χ1n) is 5.67. The van der Waals surface area contributed by atoms with E-state index >= 15 is 0 Å². The van der Waals surface area contributed by atoms with E-state index in [0.29, 0.717) is 6.04 Å². The topological polar surface area (TPSA) is 26.0 Å². The summed E-state index contributed by atoms with van der Waals surface area (Å²) in [6.07, 6.45) is 5.17. The first kappa shape index (κ1) is 8.49. The predicted molar refractivity (Wildman–Crippen MR) is 58.0 cm³/mol. The van der Waals surface area contributed by atoms with Crippen LogP contribution in [0.1, 0.15) is 24.0 Å². The van der Waals surface area contributed by atoms with E-state index in [1.807, 2.05) is 0 Å². The summed E-state index contributed by atoms with van der Waals surface area (Å²) in [6, 6.07) is 9.26. The molecule has 0 bridgehead atoms. The third kappa shape index (κ3) is 1.36. The minimum atomic E-state index is 0.461. The van der Waals surface area contributed by atoms with Gasteiger partial charge in [0, 0.05) is 6.04 Å². The summed E-state index contributed by atoms with van der Waals surface area (Å²) >= 11 is 0. The molecule has 1 unspecified atom stereocenters. The van der Waals surface area contributed by atoms with Crippen molar-refractivity contribution in [2.24, 2.45) is 17.6 Å². The van der Waals surface area contributed by atoms with Crippen LogP contribution in [0.4, 0.5) is 0 Å². The number of rotatable bonds is 2. The highest BCUT2D eigenvalue weighted by Crippen LogP contribution is 2.39. The number of hydrogen-bond acceptors (Lipinski definition) is 1. The second-order valence-electron chi connectivity index (χ2n) is 4.85. The Morgan fingerprint density at radius 3 is 2.07 bits per heavy atom. The highest BCUT2D eigenvalue weighted by Gasteiger charge is 2.36. The van der Waals surface area contributed by atoms with E-state index in [-0.39, 0.29) is 0 Å². The highest BCUT2D eigenvalue weighted by molar-refractivity contribution is 5.32. The fraction of sp³-hybridized carbons (Fsp3) is 0.538. The zero-order valence-electron chi connectivity index (χ0n) is 8.45. The van der Waals surface area contributed by atoms with Crippen LogP contribution in [0.25, 0.3) is 0 Å². The molecule has 1 atom stereocenters. The maximum atomic E-state index is 6.26. The summed E-state index contributed by atoms with van der Waals surface area (Å²) in [7, 11) is 0. The van der Waals surface area contributed by atoms with Crippen molar-refractivity contribution in [3.8, 4) is 0 Å². The minimum absolute atomic E-state index is 0.461. The van der Waals surface area contributed by atoms with Crippen molar-refractivity contribution in [1.29, 1.82) is 0 Å². The molecule has 3 rings (SSSR count). The molecule has 1 fully saturated rings. The van der Waals surface area contributed by atoms with Gasteiger partial charge in [-0.15, -0.1) is 0 Å². The maximum Gasteiger partial charge on any atom is 0.0102 e. The Hall–Kier alpha value is -0.820.